The minimum Gasteiger partial charge on any atom is -0.355 e. The van der Waals surface area contributed by atoms with Crippen LogP contribution in [0.25, 0.3) is 0 Å². The monoisotopic (exact) mass is 742 g/mol. The maximum atomic E-state index is 11.3. The third-order valence-electron chi connectivity index (χ3n) is 8.08. The Morgan fingerprint density at radius 2 is 1.42 bits per heavy atom. The second-order valence-corrected chi connectivity index (χ2v) is 15.8. The number of hydrogen-bond acceptors (Lipinski definition) is 8. The van der Waals surface area contributed by atoms with Gasteiger partial charge in [-0.3, -0.25) is 14.0 Å². The van der Waals surface area contributed by atoms with Gasteiger partial charge in [-0.25, -0.2) is 0 Å². The van der Waals surface area contributed by atoms with E-state index in [0.717, 1.165) is 22.9 Å². The molecule has 1 saturated heterocycles. The number of likely N-dealkylation sites (N-methyl/N-ethyl adjacent to an activating group) is 1. The van der Waals surface area contributed by atoms with Crippen molar-refractivity contribution in [1.82, 2.24) is 9.80 Å². The highest BCUT2D eigenvalue weighted by Crippen LogP contribution is 2.46. The van der Waals surface area contributed by atoms with Gasteiger partial charge in [0, 0.05) is 43.3 Å². The maximum absolute atomic E-state index is 11.3. The van der Waals surface area contributed by atoms with Gasteiger partial charge in [0.2, 0.25) is 0 Å². The lowest BCUT2D eigenvalue weighted by Gasteiger charge is -2.29. The second-order valence-electron chi connectivity index (χ2n) is 11.0. The standard InChI is InChI=1S/C29H38Cl4N4O6S2/c1-3-34-24-16-20(30)22(32)18-26(24)36(12-5-7-14-44(38,39)40)28(34)10-9-11-29-35(4-2)25-17-21(31)23(33)19-27(25)37(29)13-6-8-15-45(41,42)43/h9-11,16-18,27,29H,3-8,12-15,19H2,1-2H3,(H,38,39,40)(H,41,42,43). The Hall–Kier alpha value is -1.48. The van der Waals surface area contributed by atoms with E-state index in [4.69, 9.17) is 46.4 Å². The summed E-state index contributed by atoms with van der Waals surface area (Å²) in [7, 11) is -8.10. The zero-order valence-corrected chi connectivity index (χ0v) is 29.7. The van der Waals surface area contributed by atoms with Crippen molar-refractivity contribution >= 4 is 78.0 Å². The molecule has 4 rings (SSSR count). The molecule has 3 aliphatic rings. The summed E-state index contributed by atoms with van der Waals surface area (Å²) >= 11 is 25.7. The van der Waals surface area contributed by atoms with Crippen LogP contribution in [0.1, 0.15) is 46.0 Å². The van der Waals surface area contributed by atoms with E-state index in [2.05, 4.69) is 32.6 Å². The van der Waals surface area contributed by atoms with Crippen molar-refractivity contribution in [2.75, 3.05) is 47.5 Å². The van der Waals surface area contributed by atoms with E-state index in [-0.39, 0.29) is 30.1 Å². The van der Waals surface area contributed by atoms with Crippen LogP contribution in [-0.2, 0) is 20.2 Å². The van der Waals surface area contributed by atoms with E-state index in [9.17, 15) is 25.9 Å². The van der Waals surface area contributed by atoms with Gasteiger partial charge in [-0.1, -0.05) is 52.5 Å². The Bertz CT molecular complexity index is 1610. The molecule has 2 atom stereocenters. The maximum Gasteiger partial charge on any atom is 0.264 e. The summed E-state index contributed by atoms with van der Waals surface area (Å²) in [4.78, 5) is 8.69. The fourth-order valence-electron chi connectivity index (χ4n) is 6.10. The lowest BCUT2D eigenvalue weighted by Crippen LogP contribution is -2.40. The molecule has 10 nitrogen and oxygen atoms in total. The van der Waals surface area contributed by atoms with Gasteiger partial charge in [0.1, 0.15) is 12.0 Å². The predicted molar refractivity (Wildman–Crippen MR) is 183 cm³/mol. The first kappa shape index (κ1) is 36.4. The molecular formula is C29H38Cl4N4O6S2. The first-order chi connectivity index (χ1) is 21.1. The lowest BCUT2D eigenvalue weighted by molar-refractivity contribution is 0.163. The fraction of sp³-hybridized carbons (Fsp3) is 0.517. The molecule has 2 unspecified atom stereocenters. The van der Waals surface area contributed by atoms with Crippen LogP contribution in [0.4, 0.5) is 11.4 Å². The van der Waals surface area contributed by atoms with Crippen LogP contribution in [-0.4, -0.2) is 85.6 Å². The molecule has 0 radical (unpaired) electrons. The van der Waals surface area contributed by atoms with Crippen molar-refractivity contribution in [1.29, 1.82) is 0 Å². The third kappa shape index (κ3) is 8.91. The van der Waals surface area contributed by atoms with Crippen LogP contribution < -0.4 is 9.80 Å². The Kier molecular flexibility index (Phi) is 12.3. The van der Waals surface area contributed by atoms with Gasteiger partial charge in [0.25, 0.3) is 20.2 Å². The van der Waals surface area contributed by atoms with Crippen molar-refractivity contribution in [3.8, 4) is 0 Å². The van der Waals surface area contributed by atoms with E-state index >= 15 is 0 Å². The Labute approximate surface area is 286 Å². The Morgan fingerprint density at radius 3 is 1.98 bits per heavy atom. The highest BCUT2D eigenvalue weighted by molar-refractivity contribution is 7.86. The van der Waals surface area contributed by atoms with E-state index in [1.54, 1.807) is 6.07 Å². The van der Waals surface area contributed by atoms with Crippen LogP contribution in [0.5, 0.6) is 0 Å². The van der Waals surface area contributed by atoms with Crippen LogP contribution in [0.3, 0.4) is 0 Å². The average molecular weight is 745 g/mol. The minimum absolute atomic E-state index is 0.0422. The van der Waals surface area contributed by atoms with E-state index in [0.29, 0.717) is 72.0 Å². The first-order valence-corrected chi connectivity index (χ1v) is 19.5. The molecule has 0 bridgehead atoms. The summed E-state index contributed by atoms with van der Waals surface area (Å²) in [6.07, 6.45) is 9.97. The van der Waals surface area contributed by atoms with Gasteiger partial charge in [-0.2, -0.15) is 16.8 Å². The number of hydrogen-bond donors (Lipinski definition) is 2. The molecule has 1 aliphatic carbocycles. The Morgan fingerprint density at radius 1 is 0.844 bits per heavy atom. The molecule has 0 amide bonds. The van der Waals surface area contributed by atoms with Gasteiger partial charge in [-0.05, 0) is 69.9 Å². The SMILES string of the molecule is CCN1C(=CC=CC2N(CC)C3=CC(Cl)=C(Cl)CC3N2CCCCS(=O)(=O)O)N(CCCCS(=O)(=O)O)c2cc(Cl)c(Cl)cc21. The molecular weight excluding hydrogens is 706 g/mol. The zero-order chi connectivity index (χ0) is 33.1. The number of rotatable bonds is 14. The van der Waals surface area contributed by atoms with Gasteiger partial charge in [0.15, 0.2) is 0 Å². The Balaban J connectivity index is 1.65. The number of halogens is 4. The van der Waals surface area contributed by atoms with E-state index < -0.39 is 20.2 Å². The molecule has 1 aromatic carbocycles. The molecule has 0 saturated carbocycles. The molecule has 1 fully saturated rings. The van der Waals surface area contributed by atoms with Crippen LogP contribution >= 0.6 is 46.4 Å². The van der Waals surface area contributed by atoms with Crippen LogP contribution in [0.2, 0.25) is 10.0 Å². The van der Waals surface area contributed by atoms with Crippen molar-refractivity contribution in [2.24, 2.45) is 0 Å². The van der Waals surface area contributed by atoms with Gasteiger partial charge < -0.3 is 14.7 Å². The molecule has 0 aromatic heterocycles. The highest BCUT2D eigenvalue weighted by atomic mass is 35.5. The fourth-order valence-corrected chi connectivity index (χ4v) is 7.94. The summed E-state index contributed by atoms with van der Waals surface area (Å²) in [5, 5.41) is 1.90. The summed E-state index contributed by atoms with van der Waals surface area (Å²) in [5.41, 5.74) is 2.77. The third-order valence-corrected chi connectivity index (χ3v) is 11.2. The molecule has 45 heavy (non-hydrogen) atoms. The molecule has 16 heteroatoms. The van der Waals surface area contributed by atoms with Crippen molar-refractivity contribution in [2.45, 2.75) is 58.2 Å². The van der Waals surface area contributed by atoms with Gasteiger partial charge >= 0.3 is 0 Å². The number of fused-ring (bicyclic) bond motifs is 2. The number of nitrogens with zero attached hydrogens (tertiary/aromatic N) is 4. The van der Waals surface area contributed by atoms with E-state index in [1.807, 2.05) is 31.2 Å². The molecule has 0 spiro atoms. The summed E-state index contributed by atoms with van der Waals surface area (Å²) < 4.78 is 63.6. The second kappa shape index (κ2) is 15.2. The topological polar surface area (TPSA) is 122 Å². The smallest absolute Gasteiger partial charge is 0.264 e. The molecule has 2 aliphatic heterocycles. The van der Waals surface area contributed by atoms with Gasteiger partial charge in [-0.15, -0.1) is 0 Å². The summed E-state index contributed by atoms with van der Waals surface area (Å²) in [6, 6.07) is 3.58. The molecule has 250 valence electrons. The van der Waals surface area contributed by atoms with Gasteiger partial charge in [0.05, 0.1) is 44.0 Å². The van der Waals surface area contributed by atoms with Crippen LogP contribution in [0, 0.1) is 0 Å². The minimum atomic E-state index is -4.06. The number of anilines is 2. The number of allylic oxidation sites excluding steroid dienone is 4. The normalized spacial score (nSPS) is 21.8. The van der Waals surface area contributed by atoms with Crippen molar-refractivity contribution in [3.63, 3.8) is 0 Å². The van der Waals surface area contributed by atoms with Crippen LogP contribution in [0.15, 0.2) is 58.0 Å². The summed E-state index contributed by atoms with van der Waals surface area (Å²) in [5.74, 6) is 0.242. The van der Waals surface area contributed by atoms with Crippen molar-refractivity contribution in [3.05, 3.63) is 68.1 Å². The number of benzene rings is 1. The molecule has 2 heterocycles. The molecule has 1 aromatic rings. The summed E-state index contributed by atoms with van der Waals surface area (Å²) in [6.45, 7) is 6.47. The zero-order valence-electron chi connectivity index (χ0n) is 25.0. The average Bonchev–Trinajstić information content (AvgIpc) is 3.38. The molecule has 2 N–H and O–H groups in total. The first-order valence-electron chi connectivity index (χ1n) is 14.8. The predicted octanol–water partition coefficient (Wildman–Crippen LogP) is 6.68. The quantitative estimate of drug-likeness (QED) is 0.158. The van der Waals surface area contributed by atoms with E-state index in [1.165, 1.54) is 0 Å². The largest absolute Gasteiger partial charge is 0.355 e. The number of unbranched alkanes of at least 4 members (excludes halogenated alkanes) is 2. The highest BCUT2D eigenvalue weighted by Gasteiger charge is 2.42. The van der Waals surface area contributed by atoms with Crippen molar-refractivity contribution < 1.29 is 25.9 Å². The lowest BCUT2D eigenvalue weighted by atomic mass is 10.0.